The highest BCUT2D eigenvalue weighted by atomic mass is 127. The molecule has 1 unspecified atom stereocenters. The van der Waals surface area contributed by atoms with Gasteiger partial charge in [-0.25, -0.2) is 0 Å². The lowest BCUT2D eigenvalue weighted by Gasteiger charge is -2.27. The molecule has 0 aromatic heterocycles. The molecule has 134 valence electrons. The number of hydrogen-bond acceptors (Lipinski definition) is 3. The molecule has 2 aliphatic rings. The lowest BCUT2D eigenvalue weighted by atomic mass is 9.84. The molecule has 1 fully saturated rings. The van der Waals surface area contributed by atoms with Crippen LogP contribution in [0.4, 0.5) is 0 Å². The van der Waals surface area contributed by atoms with Crippen molar-refractivity contribution in [2.75, 3.05) is 40.0 Å². The van der Waals surface area contributed by atoms with Crippen molar-refractivity contribution in [3.05, 3.63) is 11.6 Å². The van der Waals surface area contributed by atoms with Gasteiger partial charge in [0.1, 0.15) is 0 Å². The van der Waals surface area contributed by atoms with E-state index in [0.29, 0.717) is 0 Å². The van der Waals surface area contributed by atoms with E-state index in [1.54, 1.807) is 12.6 Å². The van der Waals surface area contributed by atoms with Gasteiger partial charge in [-0.2, -0.15) is 0 Å². The van der Waals surface area contributed by atoms with E-state index in [9.17, 15) is 5.11 Å². The average molecular weight is 437 g/mol. The van der Waals surface area contributed by atoms with Gasteiger partial charge in [0.15, 0.2) is 5.96 Å². The summed E-state index contributed by atoms with van der Waals surface area (Å²) in [7, 11) is 1.80. The molecule has 6 heteroatoms. The summed E-state index contributed by atoms with van der Waals surface area (Å²) in [6.07, 6.45) is 10.5. The molecule has 0 spiro atoms. The summed E-state index contributed by atoms with van der Waals surface area (Å²) in [5.74, 6) is 0.848. The molecule has 1 heterocycles. The Hall–Kier alpha value is -0.340. The Bertz CT molecular complexity index is 393. The van der Waals surface area contributed by atoms with Crippen molar-refractivity contribution in [2.24, 2.45) is 10.4 Å². The molecular formula is C17H32IN3O2. The molecule has 0 aromatic rings. The van der Waals surface area contributed by atoms with Crippen LogP contribution in [0, 0.1) is 5.41 Å². The van der Waals surface area contributed by atoms with Gasteiger partial charge in [0, 0.05) is 38.8 Å². The van der Waals surface area contributed by atoms with Crippen molar-refractivity contribution < 1.29 is 9.84 Å². The van der Waals surface area contributed by atoms with Crippen LogP contribution in [0.1, 0.15) is 44.9 Å². The molecule has 3 N–H and O–H groups in total. The van der Waals surface area contributed by atoms with Gasteiger partial charge in [0.2, 0.25) is 0 Å². The highest BCUT2D eigenvalue weighted by Gasteiger charge is 2.34. The summed E-state index contributed by atoms with van der Waals surface area (Å²) in [6.45, 7) is 3.46. The van der Waals surface area contributed by atoms with Crippen LogP contribution in [0.15, 0.2) is 16.6 Å². The number of rotatable bonds is 7. The molecule has 1 aliphatic heterocycles. The van der Waals surface area contributed by atoms with Gasteiger partial charge in [-0.05, 0) is 44.9 Å². The molecule has 2 rings (SSSR count). The van der Waals surface area contributed by atoms with Gasteiger partial charge >= 0.3 is 0 Å². The standard InChI is InChI=1S/C17H31N3O2.HI/c1-18-16(19-10-7-15-5-3-2-4-6-15)20-13-17(8-11-21)9-12-22-14-17;/h5,21H,2-4,6-14H2,1H3,(H2,18,19,20);1H. The molecule has 0 saturated carbocycles. The molecule has 5 nitrogen and oxygen atoms in total. The third-order valence-corrected chi connectivity index (χ3v) is 4.81. The fraction of sp³-hybridized carbons (Fsp3) is 0.824. The first-order valence-electron chi connectivity index (χ1n) is 8.59. The SMILES string of the molecule is CN=C(NCCC1=CCCCC1)NCC1(CCO)CCOC1.I. The molecule has 0 aromatic carbocycles. The molecule has 0 radical (unpaired) electrons. The molecule has 23 heavy (non-hydrogen) atoms. The Balaban J connectivity index is 0.00000264. The number of aliphatic imine (C=N–C) groups is 1. The minimum absolute atomic E-state index is 0. The van der Waals surface area contributed by atoms with E-state index in [2.05, 4.69) is 21.7 Å². The maximum absolute atomic E-state index is 9.26. The summed E-state index contributed by atoms with van der Waals surface area (Å²) in [5.41, 5.74) is 1.63. The Morgan fingerprint density at radius 2 is 2.26 bits per heavy atom. The predicted octanol–water partition coefficient (Wildman–Crippen LogP) is 2.45. The molecule has 1 atom stereocenters. The van der Waals surface area contributed by atoms with Crippen LogP contribution in [-0.4, -0.2) is 51.0 Å². The van der Waals surface area contributed by atoms with E-state index in [0.717, 1.165) is 51.5 Å². The average Bonchev–Trinajstić information content (AvgIpc) is 3.01. The maximum Gasteiger partial charge on any atom is 0.191 e. The number of nitrogens with zero attached hydrogens (tertiary/aromatic N) is 1. The number of aliphatic hydroxyl groups excluding tert-OH is 1. The Morgan fingerprint density at radius 3 is 2.87 bits per heavy atom. The number of halogens is 1. The minimum Gasteiger partial charge on any atom is -0.396 e. The van der Waals surface area contributed by atoms with Gasteiger partial charge in [0.05, 0.1) is 6.61 Å². The first kappa shape index (κ1) is 20.7. The van der Waals surface area contributed by atoms with Gasteiger partial charge in [-0.1, -0.05) is 11.6 Å². The maximum atomic E-state index is 9.26. The number of nitrogens with one attached hydrogen (secondary N) is 2. The Morgan fingerprint density at radius 1 is 1.39 bits per heavy atom. The highest BCUT2D eigenvalue weighted by Crippen LogP contribution is 2.31. The van der Waals surface area contributed by atoms with Crippen molar-refractivity contribution in [1.29, 1.82) is 0 Å². The van der Waals surface area contributed by atoms with Crippen LogP contribution in [0.2, 0.25) is 0 Å². The monoisotopic (exact) mass is 437 g/mol. The van der Waals surface area contributed by atoms with Crippen LogP contribution in [0.25, 0.3) is 0 Å². The zero-order valence-electron chi connectivity index (χ0n) is 14.3. The highest BCUT2D eigenvalue weighted by molar-refractivity contribution is 14.0. The normalized spacial score (nSPS) is 24.8. The lowest BCUT2D eigenvalue weighted by molar-refractivity contribution is 0.127. The first-order chi connectivity index (χ1) is 10.8. The summed E-state index contributed by atoms with van der Waals surface area (Å²) < 4.78 is 5.52. The Labute approximate surface area is 157 Å². The fourth-order valence-electron chi connectivity index (χ4n) is 3.28. The van der Waals surface area contributed by atoms with Crippen molar-refractivity contribution in [3.8, 4) is 0 Å². The van der Waals surface area contributed by atoms with Gasteiger partial charge < -0.3 is 20.5 Å². The summed E-state index contributed by atoms with van der Waals surface area (Å²) in [4.78, 5) is 4.29. The van der Waals surface area contributed by atoms with Crippen molar-refractivity contribution in [3.63, 3.8) is 0 Å². The molecule has 1 aliphatic carbocycles. The van der Waals surface area contributed by atoms with Gasteiger partial charge in [-0.15, -0.1) is 24.0 Å². The van der Waals surface area contributed by atoms with E-state index in [4.69, 9.17) is 4.74 Å². The summed E-state index contributed by atoms with van der Waals surface area (Å²) in [6, 6.07) is 0. The number of aliphatic hydroxyl groups is 1. The predicted molar refractivity (Wildman–Crippen MR) is 106 cm³/mol. The van der Waals surface area contributed by atoms with Crippen molar-refractivity contribution >= 4 is 29.9 Å². The van der Waals surface area contributed by atoms with E-state index in [1.165, 1.54) is 25.7 Å². The largest absolute Gasteiger partial charge is 0.396 e. The third kappa shape index (κ3) is 6.97. The fourth-order valence-corrected chi connectivity index (χ4v) is 3.28. The zero-order chi connectivity index (χ0) is 15.7. The van der Waals surface area contributed by atoms with E-state index < -0.39 is 0 Å². The van der Waals surface area contributed by atoms with Crippen LogP contribution in [0.3, 0.4) is 0 Å². The number of allylic oxidation sites excluding steroid dienone is 1. The number of ether oxygens (including phenoxy) is 1. The van der Waals surface area contributed by atoms with Crippen LogP contribution < -0.4 is 10.6 Å². The van der Waals surface area contributed by atoms with E-state index >= 15 is 0 Å². The first-order valence-corrected chi connectivity index (χ1v) is 8.59. The summed E-state index contributed by atoms with van der Waals surface area (Å²) in [5, 5.41) is 16.1. The molecule has 1 saturated heterocycles. The van der Waals surface area contributed by atoms with Crippen LogP contribution >= 0.6 is 24.0 Å². The molecular weight excluding hydrogens is 405 g/mol. The number of hydrogen-bond donors (Lipinski definition) is 3. The topological polar surface area (TPSA) is 65.9 Å². The second-order valence-corrected chi connectivity index (χ2v) is 6.49. The molecule has 0 bridgehead atoms. The quantitative estimate of drug-likeness (QED) is 0.248. The molecule has 0 amide bonds. The smallest absolute Gasteiger partial charge is 0.191 e. The lowest BCUT2D eigenvalue weighted by Crippen LogP contribution is -2.44. The second-order valence-electron chi connectivity index (χ2n) is 6.49. The van der Waals surface area contributed by atoms with Crippen LogP contribution in [0.5, 0.6) is 0 Å². The van der Waals surface area contributed by atoms with E-state index in [-0.39, 0.29) is 36.0 Å². The van der Waals surface area contributed by atoms with Crippen molar-refractivity contribution in [2.45, 2.75) is 44.9 Å². The van der Waals surface area contributed by atoms with Gasteiger partial charge in [-0.3, -0.25) is 4.99 Å². The van der Waals surface area contributed by atoms with E-state index in [1.807, 2.05) is 0 Å². The minimum atomic E-state index is 0. The van der Waals surface area contributed by atoms with Gasteiger partial charge in [0.25, 0.3) is 0 Å². The second kappa shape index (κ2) is 11.3. The van der Waals surface area contributed by atoms with Crippen molar-refractivity contribution in [1.82, 2.24) is 10.6 Å². The third-order valence-electron chi connectivity index (χ3n) is 4.81. The summed E-state index contributed by atoms with van der Waals surface area (Å²) >= 11 is 0. The van der Waals surface area contributed by atoms with Crippen LogP contribution in [-0.2, 0) is 4.74 Å². The Kier molecular flexibility index (Phi) is 10.1. The number of guanidine groups is 1. The zero-order valence-corrected chi connectivity index (χ0v) is 16.6.